The molecule has 4 rings (SSSR count). The second kappa shape index (κ2) is 4.38. The van der Waals surface area contributed by atoms with Crippen LogP contribution in [0.15, 0.2) is 29.1 Å². The van der Waals surface area contributed by atoms with E-state index in [1.807, 2.05) is 0 Å². The van der Waals surface area contributed by atoms with Gasteiger partial charge in [-0.15, -0.1) is 10.2 Å². The molecule has 0 aliphatic carbocycles. The van der Waals surface area contributed by atoms with Crippen molar-refractivity contribution in [3.63, 3.8) is 0 Å². The summed E-state index contributed by atoms with van der Waals surface area (Å²) in [4.78, 5) is 16.6. The molecule has 116 valence electrons. The molecule has 0 saturated carbocycles. The van der Waals surface area contributed by atoms with Crippen LogP contribution in [0.2, 0.25) is 0 Å². The van der Waals surface area contributed by atoms with Crippen LogP contribution in [0.25, 0.3) is 28.1 Å². The van der Waals surface area contributed by atoms with E-state index in [9.17, 15) is 18.0 Å². The first-order valence-corrected chi connectivity index (χ1v) is 6.30. The number of tetrazole rings is 1. The summed E-state index contributed by atoms with van der Waals surface area (Å²) in [7, 11) is 0. The molecule has 1 aromatic carbocycles. The lowest BCUT2D eigenvalue weighted by molar-refractivity contribution is -0.136. The SMILES string of the molecule is O=c1c2c(C(F)(F)F)cccc2nc2cc(-c3nn[nH]n3)[nH]n12. The van der Waals surface area contributed by atoms with E-state index < -0.39 is 22.7 Å². The molecular weight excluding hydrogens is 315 g/mol. The molecule has 8 nitrogen and oxygen atoms in total. The number of rotatable bonds is 1. The summed E-state index contributed by atoms with van der Waals surface area (Å²) in [5.74, 6) is 0.162. The van der Waals surface area contributed by atoms with E-state index in [2.05, 4.69) is 30.7 Å². The molecule has 4 aromatic rings. The molecule has 0 spiro atoms. The van der Waals surface area contributed by atoms with Gasteiger partial charge in [0.1, 0.15) is 5.69 Å². The number of nitrogens with zero attached hydrogens (tertiary/aromatic N) is 5. The second-order valence-corrected chi connectivity index (χ2v) is 4.71. The summed E-state index contributed by atoms with van der Waals surface area (Å²) in [6.07, 6.45) is -4.66. The van der Waals surface area contributed by atoms with Crippen molar-refractivity contribution in [2.75, 3.05) is 0 Å². The minimum Gasteiger partial charge on any atom is -0.286 e. The largest absolute Gasteiger partial charge is 0.417 e. The minimum absolute atomic E-state index is 0.0384. The van der Waals surface area contributed by atoms with Crippen LogP contribution in [-0.2, 0) is 6.18 Å². The first-order chi connectivity index (χ1) is 10.9. The van der Waals surface area contributed by atoms with Crippen molar-refractivity contribution in [3.05, 3.63) is 40.2 Å². The van der Waals surface area contributed by atoms with Gasteiger partial charge in [-0.3, -0.25) is 9.89 Å². The summed E-state index contributed by atoms with van der Waals surface area (Å²) in [6, 6.07) is 4.86. The zero-order valence-corrected chi connectivity index (χ0v) is 11.1. The van der Waals surface area contributed by atoms with Crippen molar-refractivity contribution in [1.82, 2.24) is 35.2 Å². The van der Waals surface area contributed by atoms with Crippen molar-refractivity contribution in [1.29, 1.82) is 0 Å². The van der Waals surface area contributed by atoms with Crippen LogP contribution in [0.3, 0.4) is 0 Å². The Balaban J connectivity index is 2.10. The van der Waals surface area contributed by atoms with Crippen LogP contribution >= 0.6 is 0 Å². The Morgan fingerprint density at radius 2 is 2.04 bits per heavy atom. The first kappa shape index (κ1) is 13.4. The zero-order valence-electron chi connectivity index (χ0n) is 11.1. The van der Waals surface area contributed by atoms with Gasteiger partial charge in [0, 0.05) is 6.07 Å². The van der Waals surface area contributed by atoms with Crippen LogP contribution in [-0.4, -0.2) is 35.2 Å². The van der Waals surface area contributed by atoms with E-state index in [-0.39, 0.29) is 17.0 Å². The summed E-state index contributed by atoms with van der Waals surface area (Å²) in [5.41, 5.74) is -1.47. The van der Waals surface area contributed by atoms with Gasteiger partial charge in [-0.25, -0.2) is 9.50 Å². The number of alkyl halides is 3. The number of aromatic amines is 2. The van der Waals surface area contributed by atoms with Crippen molar-refractivity contribution in [2.24, 2.45) is 0 Å². The lowest BCUT2D eigenvalue weighted by atomic mass is 10.1. The molecule has 0 aliphatic rings. The highest BCUT2D eigenvalue weighted by atomic mass is 19.4. The van der Waals surface area contributed by atoms with Crippen LogP contribution in [0, 0.1) is 0 Å². The highest BCUT2D eigenvalue weighted by Crippen LogP contribution is 2.33. The van der Waals surface area contributed by atoms with Crippen LogP contribution < -0.4 is 5.56 Å². The summed E-state index contributed by atoms with van der Waals surface area (Å²) in [6.45, 7) is 0. The highest BCUT2D eigenvalue weighted by molar-refractivity contribution is 5.83. The number of fused-ring (bicyclic) bond motifs is 2. The van der Waals surface area contributed by atoms with Crippen molar-refractivity contribution in [2.45, 2.75) is 6.18 Å². The van der Waals surface area contributed by atoms with E-state index in [0.717, 1.165) is 10.6 Å². The van der Waals surface area contributed by atoms with Crippen molar-refractivity contribution >= 4 is 16.6 Å². The Labute approximate surface area is 123 Å². The number of aromatic nitrogens is 7. The minimum atomic E-state index is -4.66. The van der Waals surface area contributed by atoms with Crippen molar-refractivity contribution < 1.29 is 13.2 Å². The standard InChI is InChI=1S/C12H6F3N7O/c13-12(14,15)5-2-1-3-6-9(5)11(23)22-8(16-6)4-7(19-22)10-17-20-21-18-10/h1-4,19H,(H,17,18,20,21). The van der Waals surface area contributed by atoms with Crippen LogP contribution in [0.1, 0.15) is 5.56 Å². The Morgan fingerprint density at radius 1 is 1.22 bits per heavy atom. The molecule has 0 bridgehead atoms. The van der Waals surface area contributed by atoms with Crippen molar-refractivity contribution in [3.8, 4) is 11.5 Å². The van der Waals surface area contributed by atoms with E-state index in [1.165, 1.54) is 18.2 Å². The van der Waals surface area contributed by atoms with Gasteiger partial charge in [-0.1, -0.05) is 6.07 Å². The lowest BCUT2D eigenvalue weighted by Gasteiger charge is -2.09. The van der Waals surface area contributed by atoms with Gasteiger partial charge in [0.25, 0.3) is 5.56 Å². The smallest absolute Gasteiger partial charge is 0.286 e. The average molecular weight is 321 g/mol. The van der Waals surface area contributed by atoms with Crippen LogP contribution in [0.4, 0.5) is 13.2 Å². The zero-order chi connectivity index (χ0) is 16.2. The quantitative estimate of drug-likeness (QED) is 0.551. The fraction of sp³-hybridized carbons (Fsp3) is 0.0833. The number of halogens is 3. The fourth-order valence-electron chi connectivity index (χ4n) is 2.36. The molecule has 23 heavy (non-hydrogen) atoms. The van der Waals surface area contributed by atoms with Gasteiger partial charge >= 0.3 is 6.18 Å². The normalized spacial score (nSPS) is 12.3. The van der Waals surface area contributed by atoms with E-state index in [4.69, 9.17) is 0 Å². The third-order valence-corrected chi connectivity index (χ3v) is 3.32. The van der Waals surface area contributed by atoms with Gasteiger partial charge in [0.05, 0.1) is 16.5 Å². The topological polar surface area (TPSA) is 105 Å². The molecule has 2 N–H and O–H groups in total. The molecule has 11 heteroatoms. The lowest BCUT2D eigenvalue weighted by Crippen LogP contribution is -2.19. The monoisotopic (exact) mass is 321 g/mol. The van der Waals surface area contributed by atoms with Gasteiger partial charge in [0.15, 0.2) is 5.65 Å². The predicted octanol–water partition coefficient (Wildman–Crippen LogP) is 1.37. The number of H-pyrrole nitrogens is 2. The third kappa shape index (κ3) is 1.97. The maximum Gasteiger partial charge on any atom is 0.417 e. The number of benzene rings is 1. The summed E-state index contributed by atoms with van der Waals surface area (Å²) in [5, 5.41) is 15.2. The van der Waals surface area contributed by atoms with E-state index in [1.54, 1.807) is 0 Å². The Kier molecular flexibility index (Phi) is 2.56. The number of nitrogens with one attached hydrogen (secondary N) is 2. The van der Waals surface area contributed by atoms with Gasteiger partial charge in [-0.05, 0) is 17.3 Å². The molecule has 0 amide bonds. The van der Waals surface area contributed by atoms with Gasteiger partial charge in [-0.2, -0.15) is 18.4 Å². The average Bonchev–Trinajstić information content (AvgIpc) is 3.14. The van der Waals surface area contributed by atoms with Crippen LogP contribution in [0.5, 0.6) is 0 Å². The number of hydrogen-bond acceptors (Lipinski definition) is 5. The maximum absolute atomic E-state index is 13.1. The molecule has 0 aliphatic heterocycles. The molecule has 0 atom stereocenters. The van der Waals surface area contributed by atoms with Gasteiger partial charge < -0.3 is 0 Å². The Hall–Kier alpha value is -3.24. The highest BCUT2D eigenvalue weighted by Gasteiger charge is 2.34. The first-order valence-electron chi connectivity index (χ1n) is 6.30. The molecule has 3 heterocycles. The maximum atomic E-state index is 13.1. The summed E-state index contributed by atoms with van der Waals surface area (Å²) >= 11 is 0. The molecule has 0 fully saturated rings. The Bertz CT molecular complexity index is 1080. The fourth-order valence-corrected chi connectivity index (χ4v) is 2.36. The molecule has 0 saturated heterocycles. The third-order valence-electron chi connectivity index (χ3n) is 3.32. The molecule has 0 radical (unpaired) electrons. The molecular formula is C12H6F3N7O. The second-order valence-electron chi connectivity index (χ2n) is 4.71. The predicted molar refractivity (Wildman–Crippen MR) is 71.5 cm³/mol. The van der Waals surface area contributed by atoms with E-state index in [0.29, 0.717) is 5.69 Å². The number of hydrogen-bond donors (Lipinski definition) is 2. The van der Waals surface area contributed by atoms with Gasteiger partial charge in [0.2, 0.25) is 5.82 Å². The summed E-state index contributed by atoms with van der Waals surface area (Å²) < 4.78 is 40.2. The molecule has 3 aromatic heterocycles. The molecule has 0 unspecified atom stereocenters. The Morgan fingerprint density at radius 3 is 2.74 bits per heavy atom. The van der Waals surface area contributed by atoms with E-state index >= 15 is 0 Å².